The highest BCUT2D eigenvalue weighted by Gasteiger charge is 2.28. The van der Waals surface area contributed by atoms with Gasteiger partial charge >= 0.3 is 0 Å². The van der Waals surface area contributed by atoms with Crippen molar-refractivity contribution < 1.29 is 8.95 Å². The molecule has 2 saturated heterocycles. The van der Waals surface area contributed by atoms with Gasteiger partial charge in [0.15, 0.2) is 0 Å². The number of rotatable bonds is 8. The highest BCUT2D eigenvalue weighted by atomic mass is 32.2. The number of piperidine rings is 1. The minimum Gasteiger partial charge on any atom is -0.497 e. The van der Waals surface area contributed by atoms with Crippen molar-refractivity contribution in [2.24, 2.45) is 5.18 Å². The van der Waals surface area contributed by atoms with E-state index >= 15 is 0 Å². The van der Waals surface area contributed by atoms with E-state index in [1.54, 1.807) is 13.3 Å². The third-order valence-electron chi connectivity index (χ3n) is 6.44. The number of benzene rings is 1. The Morgan fingerprint density at radius 3 is 2.39 bits per heavy atom. The number of nitrogens with zero attached hydrogens (tertiary/aromatic N) is 6. The molecule has 10 heteroatoms. The van der Waals surface area contributed by atoms with Crippen molar-refractivity contribution in [3.05, 3.63) is 46.8 Å². The molecule has 2 unspecified atom stereocenters. The van der Waals surface area contributed by atoms with Gasteiger partial charge in [0.2, 0.25) is 0 Å². The highest BCUT2D eigenvalue weighted by molar-refractivity contribution is 7.82. The zero-order valence-corrected chi connectivity index (χ0v) is 20.2. The first-order chi connectivity index (χ1) is 16.1. The summed E-state index contributed by atoms with van der Waals surface area (Å²) in [7, 11) is 0.431. The first-order valence-corrected chi connectivity index (χ1v) is 12.7. The smallest absolute Gasteiger partial charge is 0.147 e. The van der Waals surface area contributed by atoms with Crippen LogP contribution in [0.3, 0.4) is 0 Å². The third kappa shape index (κ3) is 5.56. The highest BCUT2D eigenvalue weighted by Crippen LogP contribution is 2.27. The molecule has 33 heavy (non-hydrogen) atoms. The molecule has 9 nitrogen and oxygen atoms in total. The average Bonchev–Trinajstić information content (AvgIpc) is 2.89. The van der Waals surface area contributed by atoms with Gasteiger partial charge in [-0.05, 0) is 50.5 Å². The maximum atomic E-state index is 13.0. The van der Waals surface area contributed by atoms with Crippen molar-refractivity contribution >= 4 is 16.8 Å². The van der Waals surface area contributed by atoms with E-state index in [-0.39, 0.29) is 12.6 Å². The monoisotopic (exact) mass is 472 g/mol. The molecule has 0 aliphatic carbocycles. The van der Waals surface area contributed by atoms with Crippen LogP contribution in [0.1, 0.15) is 43.6 Å². The lowest BCUT2D eigenvalue weighted by atomic mass is 10.1. The van der Waals surface area contributed by atoms with Gasteiger partial charge < -0.3 is 9.64 Å². The van der Waals surface area contributed by atoms with Crippen molar-refractivity contribution in [1.29, 1.82) is 0 Å². The van der Waals surface area contributed by atoms with E-state index in [0.717, 1.165) is 66.9 Å². The predicted octanol–water partition coefficient (Wildman–Crippen LogP) is 3.14. The number of ether oxygens (including phenoxy) is 1. The van der Waals surface area contributed by atoms with Crippen LogP contribution in [0, 0.1) is 4.91 Å². The first kappa shape index (κ1) is 23.7. The van der Waals surface area contributed by atoms with Crippen LogP contribution in [0.5, 0.6) is 5.75 Å². The molecule has 0 N–H and O–H groups in total. The van der Waals surface area contributed by atoms with Crippen LogP contribution >= 0.6 is 0 Å². The van der Waals surface area contributed by atoms with Gasteiger partial charge in [0, 0.05) is 51.0 Å². The zero-order valence-electron chi connectivity index (χ0n) is 19.4. The van der Waals surface area contributed by atoms with E-state index < -0.39 is 11.0 Å². The minimum absolute atomic E-state index is 0.0309. The van der Waals surface area contributed by atoms with Gasteiger partial charge in [0.25, 0.3) is 0 Å². The summed E-state index contributed by atoms with van der Waals surface area (Å²) in [4.78, 5) is 25.8. The van der Waals surface area contributed by atoms with Gasteiger partial charge in [-0.3, -0.25) is 4.90 Å². The first-order valence-electron chi connectivity index (χ1n) is 11.6. The lowest BCUT2D eigenvalue weighted by Gasteiger charge is -2.37. The summed E-state index contributed by atoms with van der Waals surface area (Å²) >= 11 is 0. The summed E-state index contributed by atoms with van der Waals surface area (Å²) in [6, 6.07) is 7.42. The molecule has 2 aliphatic heterocycles. The van der Waals surface area contributed by atoms with E-state index in [1.807, 2.05) is 28.6 Å². The second-order valence-electron chi connectivity index (χ2n) is 8.48. The SMILES string of the molecule is COc1ccc(S(=O)N2CCN(C(C)c3ncc(CN=O)c(N4CCCCC4)n3)CC2)cc1. The summed E-state index contributed by atoms with van der Waals surface area (Å²) in [5, 5.41) is 3.08. The Morgan fingerprint density at radius 2 is 1.76 bits per heavy atom. The summed E-state index contributed by atoms with van der Waals surface area (Å²) < 4.78 is 20.2. The Morgan fingerprint density at radius 1 is 1.06 bits per heavy atom. The van der Waals surface area contributed by atoms with Gasteiger partial charge in [-0.2, -0.15) is 4.91 Å². The van der Waals surface area contributed by atoms with Crippen LogP contribution in [-0.4, -0.2) is 69.8 Å². The quantitative estimate of drug-likeness (QED) is 0.545. The average molecular weight is 473 g/mol. The number of hydrogen-bond donors (Lipinski definition) is 0. The van der Waals surface area contributed by atoms with Gasteiger partial charge in [-0.15, -0.1) is 0 Å². The topological polar surface area (TPSA) is 91.2 Å². The number of piperazine rings is 1. The summed E-state index contributed by atoms with van der Waals surface area (Å²) in [6.07, 6.45) is 5.26. The second kappa shape index (κ2) is 11.1. The Kier molecular flexibility index (Phi) is 8.00. The van der Waals surface area contributed by atoms with Gasteiger partial charge in [0.05, 0.1) is 18.0 Å². The summed E-state index contributed by atoms with van der Waals surface area (Å²) in [5.74, 6) is 2.37. The van der Waals surface area contributed by atoms with Crippen LogP contribution in [0.2, 0.25) is 0 Å². The maximum Gasteiger partial charge on any atom is 0.147 e. The number of anilines is 1. The molecule has 178 valence electrons. The Labute approximate surface area is 197 Å². The van der Waals surface area contributed by atoms with E-state index in [4.69, 9.17) is 9.72 Å². The Bertz CT molecular complexity index is 959. The normalized spacial score (nSPS) is 19.8. The molecule has 0 radical (unpaired) electrons. The number of nitroso groups, excluding NO2 is 1. The van der Waals surface area contributed by atoms with Crippen molar-refractivity contribution in [2.45, 2.75) is 43.7 Å². The maximum absolute atomic E-state index is 13.0. The Hall–Kier alpha value is -2.43. The summed E-state index contributed by atoms with van der Waals surface area (Å²) in [5.41, 5.74) is 0.794. The van der Waals surface area contributed by atoms with Gasteiger partial charge in [0.1, 0.15) is 34.9 Å². The molecule has 4 rings (SSSR count). The standard InChI is InChI=1S/C23H32N6O3S/c1-18(22-24-16-19(17-25-30)23(26-22)28-10-4-3-5-11-28)27-12-14-29(15-13-27)33(31)21-8-6-20(32-2)7-9-21/h6-9,16,18H,3-5,10-15,17H2,1-2H3. The molecule has 1 aromatic carbocycles. The van der Waals surface area contributed by atoms with Gasteiger partial charge in [-0.25, -0.2) is 18.5 Å². The largest absolute Gasteiger partial charge is 0.497 e. The molecule has 2 aromatic rings. The molecule has 0 bridgehead atoms. The lowest BCUT2D eigenvalue weighted by Crippen LogP contribution is -2.47. The van der Waals surface area contributed by atoms with Crippen LogP contribution in [0.15, 0.2) is 40.5 Å². The van der Waals surface area contributed by atoms with E-state index in [1.165, 1.54) is 6.42 Å². The molecule has 2 fully saturated rings. The van der Waals surface area contributed by atoms with Crippen molar-refractivity contribution in [2.75, 3.05) is 51.3 Å². The van der Waals surface area contributed by atoms with E-state index in [2.05, 4.69) is 26.9 Å². The van der Waals surface area contributed by atoms with Crippen molar-refractivity contribution in [3.8, 4) is 5.75 Å². The Balaban J connectivity index is 1.42. The fraction of sp³-hybridized carbons (Fsp3) is 0.565. The molecule has 0 amide bonds. The lowest BCUT2D eigenvalue weighted by molar-refractivity contribution is 0.144. The molecule has 1 aromatic heterocycles. The van der Waals surface area contributed by atoms with Crippen LogP contribution in [-0.2, 0) is 17.5 Å². The third-order valence-corrected chi connectivity index (χ3v) is 7.95. The molecular formula is C23H32N6O3S. The molecule has 3 heterocycles. The van der Waals surface area contributed by atoms with Crippen LogP contribution < -0.4 is 9.64 Å². The number of aromatic nitrogens is 2. The van der Waals surface area contributed by atoms with Crippen LogP contribution in [0.25, 0.3) is 0 Å². The molecular weight excluding hydrogens is 440 g/mol. The summed E-state index contributed by atoms with van der Waals surface area (Å²) in [6.45, 7) is 7.08. The minimum atomic E-state index is -1.19. The van der Waals surface area contributed by atoms with E-state index in [0.29, 0.717) is 13.1 Å². The second-order valence-corrected chi connectivity index (χ2v) is 9.96. The van der Waals surface area contributed by atoms with E-state index in [9.17, 15) is 9.12 Å². The van der Waals surface area contributed by atoms with Gasteiger partial charge in [-0.1, -0.05) is 5.18 Å². The molecule has 2 atom stereocenters. The molecule has 2 aliphatic rings. The van der Waals surface area contributed by atoms with Crippen molar-refractivity contribution in [3.63, 3.8) is 0 Å². The number of methoxy groups -OCH3 is 1. The van der Waals surface area contributed by atoms with Crippen LogP contribution in [0.4, 0.5) is 5.82 Å². The molecule has 0 spiro atoms. The van der Waals surface area contributed by atoms with Crippen molar-refractivity contribution in [1.82, 2.24) is 19.2 Å². The predicted molar refractivity (Wildman–Crippen MR) is 129 cm³/mol. The fourth-order valence-electron chi connectivity index (χ4n) is 4.43. The molecule has 0 saturated carbocycles. The zero-order chi connectivity index (χ0) is 23.2. The number of hydrogen-bond acceptors (Lipinski definition) is 8. The fourth-order valence-corrected chi connectivity index (χ4v) is 5.60.